The van der Waals surface area contributed by atoms with Crippen molar-refractivity contribution in [1.82, 2.24) is 5.32 Å². The molecule has 0 unspecified atom stereocenters. The molecule has 2 fully saturated rings. The van der Waals surface area contributed by atoms with Gasteiger partial charge in [-0.25, -0.2) is 0 Å². The first-order valence-corrected chi connectivity index (χ1v) is 3.73. The van der Waals surface area contributed by atoms with Crippen LogP contribution in [0.25, 0.3) is 0 Å². The van der Waals surface area contributed by atoms with Crippen LogP contribution in [-0.4, -0.2) is 18.5 Å². The Morgan fingerprint density at radius 1 is 1.55 bits per heavy atom. The molecule has 3 nitrogen and oxygen atoms in total. The van der Waals surface area contributed by atoms with Gasteiger partial charge < -0.3 is 11.1 Å². The molecule has 1 amide bonds. The van der Waals surface area contributed by atoms with E-state index in [9.17, 15) is 4.79 Å². The van der Waals surface area contributed by atoms with Crippen molar-refractivity contribution in [1.29, 1.82) is 0 Å². The minimum absolute atomic E-state index is 0. The van der Waals surface area contributed by atoms with Crippen LogP contribution in [0.1, 0.15) is 19.3 Å². The van der Waals surface area contributed by atoms with Gasteiger partial charge in [-0.15, -0.1) is 12.4 Å². The van der Waals surface area contributed by atoms with E-state index in [-0.39, 0.29) is 23.7 Å². The normalized spacial score (nSPS) is 41.2. The fourth-order valence-electron chi connectivity index (χ4n) is 2.09. The van der Waals surface area contributed by atoms with E-state index >= 15 is 0 Å². The molecule has 1 saturated carbocycles. The molecule has 3 N–H and O–H groups in total. The van der Waals surface area contributed by atoms with Crippen molar-refractivity contribution in [3.8, 4) is 0 Å². The first kappa shape index (κ1) is 8.81. The molecular formula is C7H13ClN2O. The Morgan fingerprint density at radius 3 is 2.55 bits per heavy atom. The van der Waals surface area contributed by atoms with Crippen LogP contribution in [0.2, 0.25) is 0 Å². The van der Waals surface area contributed by atoms with Crippen LogP contribution in [0.4, 0.5) is 0 Å². The summed E-state index contributed by atoms with van der Waals surface area (Å²) in [5.74, 6) is 0.201. The zero-order valence-electron chi connectivity index (χ0n) is 6.30. The van der Waals surface area contributed by atoms with Crippen molar-refractivity contribution < 1.29 is 4.79 Å². The molecule has 1 saturated heterocycles. The van der Waals surface area contributed by atoms with Crippen molar-refractivity contribution in [3.63, 3.8) is 0 Å². The van der Waals surface area contributed by atoms with Crippen molar-refractivity contribution in [2.75, 3.05) is 6.54 Å². The molecule has 1 spiro atoms. The lowest BCUT2D eigenvalue weighted by Gasteiger charge is -2.41. The summed E-state index contributed by atoms with van der Waals surface area (Å²) >= 11 is 0. The maximum absolute atomic E-state index is 10.8. The number of halogens is 1. The lowest BCUT2D eigenvalue weighted by Crippen LogP contribution is -2.47. The molecule has 0 aromatic heterocycles. The molecule has 64 valence electrons. The molecule has 0 aromatic rings. The van der Waals surface area contributed by atoms with Crippen molar-refractivity contribution in [3.05, 3.63) is 0 Å². The number of rotatable bonds is 0. The van der Waals surface area contributed by atoms with E-state index in [0.29, 0.717) is 12.5 Å². The smallest absolute Gasteiger partial charge is 0.220 e. The first-order valence-electron chi connectivity index (χ1n) is 3.73. The lowest BCUT2D eigenvalue weighted by atomic mass is 9.65. The number of hydrogen-bond donors (Lipinski definition) is 2. The fraction of sp³-hybridized carbons (Fsp3) is 0.857. The standard InChI is InChI=1S/C7H12N2O.ClH/c8-5-1-7(2-5)3-6(10)9-4-7;/h5H,1-4,8H2,(H,9,10);1H. The van der Waals surface area contributed by atoms with Crippen molar-refractivity contribution >= 4 is 18.3 Å². The van der Waals surface area contributed by atoms with E-state index < -0.39 is 0 Å². The zero-order chi connectivity index (χ0) is 7.19. The zero-order valence-corrected chi connectivity index (χ0v) is 7.12. The number of carbonyl (C=O) groups is 1. The van der Waals surface area contributed by atoms with Crippen LogP contribution >= 0.6 is 12.4 Å². The molecule has 0 radical (unpaired) electrons. The molecule has 2 rings (SSSR count). The number of amides is 1. The van der Waals surface area contributed by atoms with Crippen LogP contribution in [0, 0.1) is 5.41 Å². The van der Waals surface area contributed by atoms with Crippen molar-refractivity contribution in [2.24, 2.45) is 11.1 Å². The highest BCUT2D eigenvalue weighted by Crippen LogP contribution is 2.44. The molecule has 2 aliphatic rings. The van der Waals surface area contributed by atoms with Gasteiger partial charge in [0.05, 0.1) is 0 Å². The number of carbonyl (C=O) groups excluding carboxylic acids is 1. The minimum Gasteiger partial charge on any atom is -0.356 e. The SMILES string of the molecule is Cl.NC1CC2(CNC(=O)C2)C1. The second-order valence-corrected chi connectivity index (χ2v) is 3.62. The highest BCUT2D eigenvalue weighted by molar-refractivity contribution is 5.85. The quantitative estimate of drug-likeness (QED) is 0.548. The molecule has 1 aliphatic carbocycles. The van der Waals surface area contributed by atoms with Crippen LogP contribution < -0.4 is 11.1 Å². The molecule has 0 atom stereocenters. The Balaban J connectivity index is 0.000000605. The predicted molar refractivity (Wildman–Crippen MR) is 44.5 cm³/mol. The van der Waals surface area contributed by atoms with E-state index in [2.05, 4.69) is 5.32 Å². The van der Waals surface area contributed by atoms with E-state index in [1.54, 1.807) is 0 Å². The van der Waals surface area contributed by atoms with E-state index in [1.165, 1.54) is 0 Å². The number of hydrogen-bond acceptors (Lipinski definition) is 2. The van der Waals surface area contributed by atoms with Gasteiger partial charge in [0.25, 0.3) is 0 Å². The Bertz CT molecular complexity index is 177. The minimum atomic E-state index is 0. The van der Waals surface area contributed by atoms with Crippen LogP contribution in [0.3, 0.4) is 0 Å². The monoisotopic (exact) mass is 176 g/mol. The summed E-state index contributed by atoms with van der Waals surface area (Å²) in [6.45, 7) is 0.861. The highest BCUT2D eigenvalue weighted by Gasteiger charge is 2.47. The fourth-order valence-corrected chi connectivity index (χ4v) is 2.09. The van der Waals surface area contributed by atoms with Crippen LogP contribution in [0.5, 0.6) is 0 Å². The average molecular weight is 177 g/mol. The van der Waals surface area contributed by atoms with Gasteiger partial charge in [-0.2, -0.15) is 0 Å². The topological polar surface area (TPSA) is 55.1 Å². The third-order valence-corrected chi connectivity index (χ3v) is 2.59. The first-order chi connectivity index (χ1) is 4.70. The number of nitrogens with two attached hydrogens (primary N) is 1. The maximum atomic E-state index is 10.8. The molecular weight excluding hydrogens is 164 g/mol. The van der Waals surface area contributed by atoms with E-state index in [0.717, 1.165) is 19.4 Å². The van der Waals surface area contributed by atoms with Gasteiger partial charge in [0.2, 0.25) is 5.91 Å². The molecule has 11 heavy (non-hydrogen) atoms. The van der Waals surface area contributed by atoms with Gasteiger partial charge in [0.1, 0.15) is 0 Å². The predicted octanol–water partition coefficient (Wildman–Crippen LogP) is 0.0356. The number of nitrogens with one attached hydrogen (secondary N) is 1. The maximum Gasteiger partial charge on any atom is 0.220 e. The van der Waals surface area contributed by atoms with Gasteiger partial charge in [0.15, 0.2) is 0 Å². The summed E-state index contributed by atoms with van der Waals surface area (Å²) in [6, 6.07) is 0.354. The average Bonchev–Trinajstić information content (AvgIpc) is 2.10. The highest BCUT2D eigenvalue weighted by atomic mass is 35.5. The van der Waals surface area contributed by atoms with Gasteiger partial charge in [0, 0.05) is 19.0 Å². The summed E-state index contributed by atoms with van der Waals surface area (Å²) in [5, 5.41) is 2.84. The van der Waals surface area contributed by atoms with Gasteiger partial charge in [-0.3, -0.25) is 4.79 Å². The Kier molecular flexibility index (Phi) is 2.12. The van der Waals surface area contributed by atoms with Gasteiger partial charge in [-0.1, -0.05) is 0 Å². The Morgan fingerprint density at radius 2 is 2.18 bits per heavy atom. The Labute approximate surface area is 72.1 Å². The van der Waals surface area contributed by atoms with Gasteiger partial charge >= 0.3 is 0 Å². The van der Waals surface area contributed by atoms with Gasteiger partial charge in [-0.05, 0) is 18.3 Å². The molecule has 1 aliphatic heterocycles. The summed E-state index contributed by atoms with van der Waals surface area (Å²) in [4.78, 5) is 10.8. The van der Waals surface area contributed by atoms with Crippen LogP contribution in [-0.2, 0) is 4.79 Å². The molecule has 0 aromatic carbocycles. The summed E-state index contributed by atoms with van der Waals surface area (Å²) < 4.78 is 0. The molecule has 4 heteroatoms. The van der Waals surface area contributed by atoms with E-state index in [4.69, 9.17) is 5.73 Å². The summed E-state index contributed by atoms with van der Waals surface area (Å²) in [5.41, 5.74) is 5.91. The summed E-state index contributed by atoms with van der Waals surface area (Å²) in [7, 11) is 0. The van der Waals surface area contributed by atoms with Crippen LogP contribution in [0.15, 0.2) is 0 Å². The second-order valence-electron chi connectivity index (χ2n) is 3.62. The van der Waals surface area contributed by atoms with Crippen molar-refractivity contribution in [2.45, 2.75) is 25.3 Å². The molecule has 0 bridgehead atoms. The Hall–Kier alpha value is -0.280. The third-order valence-electron chi connectivity index (χ3n) is 2.59. The largest absolute Gasteiger partial charge is 0.356 e. The lowest BCUT2D eigenvalue weighted by molar-refractivity contribution is -0.120. The third kappa shape index (κ3) is 1.35. The molecule has 1 heterocycles. The van der Waals surface area contributed by atoms with E-state index in [1.807, 2.05) is 0 Å². The second kappa shape index (κ2) is 2.64. The summed E-state index contributed by atoms with van der Waals surface area (Å²) in [6.07, 6.45) is 2.78.